The van der Waals surface area contributed by atoms with Crippen molar-refractivity contribution in [2.45, 2.75) is 39.2 Å². The molecule has 3 N–H and O–H groups in total. The Morgan fingerprint density at radius 2 is 2.13 bits per heavy atom. The second kappa shape index (κ2) is 6.82. The lowest BCUT2D eigenvalue weighted by atomic mass is 9.81. The number of amides is 1. The first kappa shape index (κ1) is 16.2. The molecule has 120 valence electrons. The van der Waals surface area contributed by atoms with Gasteiger partial charge in [-0.3, -0.25) is 9.78 Å². The number of carbonyl (C=O) groups excluding carboxylic acids is 1. The van der Waals surface area contributed by atoms with Crippen LogP contribution in [0.25, 0.3) is 0 Å². The average Bonchev–Trinajstić information content (AvgIpc) is 2.97. The summed E-state index contributed by atoms with van der Waals surface area (Å²) in [4.78, 5) is 18.6. The second-order valence-electron chi connectivity index (χ2n) is 5.85. The predicted octanol–water partition coefficient (Wildman–Crippen LogP) is 0.940. The Labute approximate surface area is 139 Å². The summed E-state index contributed by atoms with van der Waals surface area (Å²) in [5.74, 6) is -0.0723. The van der Waals surface area contributed by atoms with Crippen molar-refractivity contribution in [3.63, 3.8) is 0 Å². The largest absolute Gasteiger partial charge is 0.490 e. The molecule has 23 heavy (non-hydrogen) atoms. The molecule has 3 rings (SSSR count). The average molecular weight is 330 g/mol. The molecule has 0 fully saturated rings. The van der Waals surface area contributed by atoms with E-state index in [9.17, 15) is 4.79 Å². The van der Waals surface area contributed by atoms with Crippen LogP contribution in [0.5, 0.6) is 0 Å². The van der Waals surface area contributed by atoms with Crippen molar-refractivity contribution >= 4 is 29.8 Å². The molecule has 0 aliphatic heterocycles. The van der Waals surface area contributed by atoms with Crippen LogP contribution in [0.2, 0.25) is 0 Å². The molecule has 1 aliphatic carbocycles. The molecule has 2 aromatic heterocycles. The minimum Gasteiger partial charge on any atom is -0.423 e. The fourth-order valence-corrected chi connectivity index (χ4v) is 3.97. The normalized spacial score (nSPS) is 13.5. The highest BCUT2D eigenvalue weighted by Gasteiger charge is 2.18. The van der Waals surface area contributed by atoms with Crippen molar-refractivity contribution in [2.24, 2.45) is 0 Å². The van der Waals surface area contributed by atoms with E-state index in [0.29, 0.717) is 12.0 Å². The zero-order chi connectivity index (χ0) is 16.4. The van der Waals surface area contributed by atoms with Gasteiger partial charge in [-0.2, -0.15) is 0 Å². The van der Waals surface area contributed by atoms with Gasteiger partial charge in [0.25, 0.3) is 5.91 Å². The van der Waals surface area contributed by atoms with Gasteiger partial charge in [0.05, 0.1) is 17.1 Å². The van der Waals surface area contributed by atoms with Gasteiger partial charge in [0, 0.05) is 16.5 Å². The highest BCUT2D eigenvalue weighted by molar-refractivity contribution is 7.14. The van der Waals surface area contributed by atoms with E-state index in [1.54, 1.807) is 17.4 Å². The SMILES string of the molecule is Cc1cc(B(O)O)cnc1CNC(=O)c1cc2c(s1)CCCC2. The van der Waals surface area contributed by atoms with Crippen molar-refractivity contribution in [1.82, 2.24) is 10.3 Å². The van der Waals surface area contributed by atoms with E-state index in [-0.39, 0.29) is 5.91 Å². The van der Waals surface area contributed by atoms with Crippen molar-refractivity contribution < 1.29 is 14.8 Å². The van der Waals surface area contributed by atoms with Crippen molar-refractivity contribution in [3.8, 4) is 0 Å². The Bertz CT molecular complexity index is 707. The molecule has 0 saturated heterocycles. The van der Waals surface area contributed by atoms with Gasteiger partial charge in [0.2, 0.25) is 0 Å². The highest BCUT2D eigenvalue weighted by atomic mass is 32.1. The molecular weight excluding hydrogens is 311 g/mol. The van der Waals surface area contributed by atoms with E-state index in [1.807, 2.05) is 13.0 Å². The molecule has 0 radical (unpaired) electrons. The van der Waals surface area contributed by atoms with Gasteiger partial charge in [-0.15, -0.1) is 11.3 Å². The Morgan fingerprint density at radius 1 is 1.35 bits per heavy atom. The predicted molar refractivity (Wildman–Crippen MR) is 90.9 cm³/mol. The third-order valence-corrected chi connectivity index (χ3v) is 5.38. The number of thiophene rings is 1. The quantitative estimate of drug-likeness (QED) is 0.729. The van der Waals surface area contributed by atoms with Crippen LogP contribution in [0.15, 0.2) is 18.3 Å². The fraction of sp³-hybridized carbons (Fsp3) is 0.375. The number of aromatic nitrogens is 1. The molecular formula is C16H19BN2O3S. The number of fused-ring (bicyclic) bond motifs is 1. The second-order valence-corrected chi connectivity index (χ2v) is 6.99. The van der Waals surface area contributed by atoms with Gasteiger partial charge < -0.3 is 15.4 Å². The number of pyridine rings is 1. The third kappa shape index (κ3) is 3.63. The topological polar surface area (TPSA) is 82.4 Å². The molecule has 0 spiro atoms. The number of hydrogen-bond acceptors (Lipinski definition) is 5. The molecule has 2 heterocycles. The molecule has 1 amide bonds. The number of nitrogens with one attached hydrogen (secondary N) is 1. The number of aryl methyl sites for hydroxylation is 3. The summed E-state index contributed by atoms with van der Waals surface area (Å²) in [6.45, 7) is 2.17. The van der Waals surface area contributed by atoms with E-state index in [4.69, 9.17) is 10.0 Å². The number of carbonyl (C=O) groups is 1. The number of rotatable bonds is 4. The summed E-state index contributed by atoms with van der Waals surface area (Å²) in [5.41, 5.74) is 3.22. The Hall–Kier alpha value is -1.70. The maximum Gasteiger partial charge on any atom is 0.490 e. The summed E-state index contributed by atoms with van der Waals surface area (Å²) in [7, 11) is -1.53. The fourth-order valence-electron chi connectivity index (χ4n) is 2.80. The molecule has 0 atom stereocenters. The lowest BCUT2D eigenvalue weighted by Crippen LogP contribution is -2.31. The first-order valence-electron chi connectivity index (χ1n) is 7.76. The van der Waals surface area contributed by atoms with Crippen LogP contribution in [0.1, 0.15) is 44.2 Å². The summed E-state index contributed by atoms with van der Waals surface area (Å²) >= 11 is 1.59. The minimum absolute atomic E-state index is 0.0723. The van der Waals surface area contributed by atoms with E-state index < -0.39 is 7.12 Å². The Balaban J connectivity index is 1.66. The van der Waals surface area contributed by atoms with Gasteiger partial charge in [0.1, 0.15) is 0 Å². The van der Waals surface area contributed by atoms with E-state index >= 15 is 0 Å². The third-order valence-electron chi connectivity index (χ3n) is 4.14. The lowest BCUT2D eigenvalue weighted by Gasteiger charge is -2.08. The van der Waals surface area contributed by atoms with E-state index in [1.165, 1.54) is 29.5 Å². The Morgan fingerprint density at radius 3 is 2.83 bits per heavy atom. The molecule has 2 aromatic rings. The van der Waals surface area contributed by atoms with Gasteiger partial charge in [-0.05, 0) is 49.8 Å². The van der Waals surface area contributed by atoms with Crippen LogP contribution >= 0.6 is 11.3 Å². The minimum atomic E-state index is -1.53. The van der Waals surface area contributed by atoms with Crippen LogP contribution in [0.4, 0.5) is 0 Å². The van der Waals surface area contributed by atoms with Crippen LogP contribution < -0.4 is 10.8 Å². The highest BCUT2D eigenvalue weighted by Crippen LogP contribution is 2.29. The van der Waals surface area contributed by atoms with Crippen LogP contribution in [-0.4, -0.2) is 28.1 Å². The molecule has 0 bridgehead atoms. The first-order valence-corrected chi connectivity index (χ1v) is 8.57. The summed E-state index contributed by atoms with van der Waals surface area (Å²) in [6, 6.07) is 3.68. The standard InChI is InChI=1S/C16H19BN2O3S/c1-10-6-12(17(21)22)8-18-13(10)9-19-16(20)15-7-11-4-2-3-5-14(11)23-15/h6-8,21-22H,2-5,9H2,1H3,(H,19,20). The van der Waals surface area contributed by atoms with Gasteiger partial charge in [0.15, 0.2) is 0 Å². The molecule has 0 saturated carbocycles. The van der Waals surface area contributed by atoms with E-state index in [0.717, 1.165) is 29.0 Å². The van der Waals surface area contributed by atoms with Crippen molar-refractivity contribution in [1.29, 1.82) is 0 Å². The Kier molecular flexibility index (Phi) is 4.80. The summed E-state index contributed by atoms with van der Waals surface area (Å²) in [5, 5.41) is 21.2. The molecule has 0 aromatic carbocycles. The van der Waals surface area contributed by atoms with Gasteiger partial charge in [-0.1, -0.05) is 6.07 Å². The molecule has 0 unspecified atom stereocenters. The van der Waals surface area contributed by atoms with Gasteiger partial charge >= 0.3 is 7.12 Å². The van der Waals surface area contributed by atoms with Crippen molar-refractivity contribution in [2.75, 3.05) is 0 Å². The molecule has 5 nitrogen and oxygen atoms in total. The number of hydrogen-bond donors (Lipinski definition) is 3. The van der Waals surface area contributed by atoms with Crippen molar-refractivity contribution in [3.05, 3.63) is 44.9 Å². The maximum atomic E-state index is 12.3. The monoisotopic (exact) mass is 330 g/mol. The van der Waals surface area contributed by atoms with Crippen LogP contribution in [0.3, 0.4) is 0 Å². The van der Waals surface area contributed by atoms with Crippen LogP contribution in [0, 0.1) is 6.92 Å². The maximum absolute atomic E-state index is 12.3. The van der Waals surface area contributed by atoms with E-state index in [2.05, 4.69) is 10.3 Å². The van der Waals surface area contributed by atoms with Crippen LogP contribution in [-0.2, 0) is 19.4 Å². The summed E-state index contributed by atoms with van der Waals surface area (Å²) in [6.07, 6.45) is 5.99. The smallest absolute Gasteiger partial charge is 0.423 e. The zero-order valence-corrected chi connectivity index (χ0v) is 13.8. The lowest BCUT2D eigenvalue weighted by molar-refractivity contribution is 0.0954. The molecule has 1 aliphatic rings. The summed E-state index contributed by atoms with van der Waals surface area (Å²) < 4.78 is 0. The number of nitrogens with zero attached hydrogens (tertiary/aromatic N) is 1. The molecule has 7 heteroatoms. The van der Waals surface area contributed by atoms with Gasteiger partial charge in [-0.25, -0.2) is 0 Å². The first-order chi connectivity index (χ1) is 11.0. The zero-order valence-electron chi connectivity index (χ0n) is 13.0.